The van der Waals surface area contributed by atoms with Crippen LogP contribution in [-0.2, 0) is 17.1 Å². The number of piperidine rings is 1. The SMILES string of the molecule is CNC1CCCN(S(=O)(=O)c2cc(C(=O)NCC(F)(F)F)n(C)c2)C1.Cl. The molecule has 1 aliphatic rings. The number of alkyl halides is 3. The van der Waals surface area contributed by atoms with Crippen molar-refractivity contribution >= 4 is 28.3 Å². The van der Waals surface area contributed by atoms with Crippen LogP contribution in [0.1, 0.15) is 23.3 Å². The van der Waals surface area contributed by atoms with Crippen molar-refractivity contribution in [2.24, 2.45) is 7.05 Å². The molecule has 2 N–H and O–H groups in total. The van der Waals surface area contributed by atoms with Gasteiger partial charge in [-0.05, 0) is 26.0 Å². The molecule has 0 spiro atoms. The molecule has 0 radical (unpaired) electrons. The van der Waals surface area contributed by atoms with Crippen LogP contribution < -0.4 is 10.6 Å². The maximum Gasteiger partial charge on any atom is 0.405 e. The van der Waals surface area contributed by atoms with Gasteiger partial charge in [0.1, 0.15) is 17.1 Å². The summed E-state index contributed by atoms with van der Waals surface area (Å²) >= 11 is 0. The molecular weight excluding hydrogens is 397 g/mol. The lowest BCUT2D eigenvalue weighted by atomic mass is 10.1. The molecule has 1 saturated heterocycles. The quantitative estimate of drug-likeness (QED) is 0.750. The standard InChI is InChI=1S/C14H21F3N4O3S.ClH/c1-18-10-4-3-5-21(7-10)25(23,24)11-6-12(20(2)8-11)13(22)19-9-14(15,16)17;/h6,8,10,18H,3-5,7,9H2,1-2H3,(H,19,22);1H. The second-order valence-electron chi connectivity index (χ2n) is 5.96. The second-order valence-corrected chi connectivity index (χ2v) is 7.90. The van der Waals surface area contributed by atoms with Crippen molar-refractivity contribution in [3.05, 3.63) is 18.0 Å². The Hall–Kier alpha value is -1.30. The van der Waals surface area contributed by atoms with Crippen molar-refractivity contribution in [1.29, 1.82) is 0 Å². The van der Waals surface area contributed by atoms with E-state index in [1.54, 1.807) is 12.4 Å². The van der Waals surface area contributed by atoms with Crippen LogP contribution in [0.3, 0.4) is 0 Å². The van der Waals surface area contributed by atoms with Crippen molar-refractivity contribution in [3.63, 3.8) is 0 Å². The molecule has 26 heavy (non-hydrogen) atoms. The number of sulfonamides is 1. The summed E-state index contributed by atoms with van der Waals surface area (Å²) in [5.41, 5.74) is -0.148. The number of carbonyl (C=O) groups excluding carboxylic acids is 1. The molecule has 150 valence electrons. The van der Waals surface area contributed by atoms with Gasteiger partial charge in [-0.15, -0.1) is 12.4 Å². The molecule has 1 fully saturated rings. The van der Waals surface area contributed by atoms with Gasteiger partial charge in [0.15, 0.2) is 0 Å². The zero-order chi connectivity index (χ0) is 18.8. The zero-order valence-electron chi connectivity index (χ0n) is 14.3. The summed E-state index contributed by atoms with van der Waals surface area (Å²) in [5.74, 6) is -0.979. The number of hydrogen-bond acceptors (Lipinski definition) is 4. The van der Waals surface area contributed by atoms with Crippen LogP contribution in [0.4, 0.5) is 13.2 Å². The van der Waals surface area contributed by atoms with E-state index >= 15 is 0 Å². The van der Waals surface area contributed by atoms with Crippen LogP contribution in [0.15, 0.2) is 17.2 Å². The Kier molecular flexibility index (Phi) is 7.52. The molecule has 2 rings (SSSR count). The predicted molar refractivity (Wildman–Crippen MR) is 91.9 cm³/mol. The Labute approximate surface area is 156 Å². The fraction of sp³-hybridized carbons (Fsp3) is 0.643. The van der Waals surface area contributed by atoms with Crippen molar-refractivity contribution in [2.45, 2.75) is 30.0 Å². The van der Waals surface area contributed by atoms with Gasteiger partial charge in [0.2, 0.25) is 10.0 Å². The Morgan fingerprint density at radius 2 is 2.04 bits per heavy atom. The number of aromatic nitrogens is 1. The van der Waals surface area contributed by atoms with Crippen LogP contribution in [0.25, 0.3) is 0 Å². The van der Waals surface area contributed by atoms with Crippen LogP contribution >= 0.6 is 12.4 Å². The van der Waals surface area contributed by atoms with E-state index in [1.807, 2.05) is 0 Å². The van der Waals surface area contributed by atoms with Gasteiger partial charge in [-0.25, -0.2) is 8.42 Å². The molecule has 2 heterocycles. The van der Waals surface area contributed by atoms with Crippen molar-refractivity contribution in [2.75, 3.05) is 26.7 Å². The van der Waals surface area contributed by atoms with Gasteiger partial charge < -0.3 is 15.2 Å². The highest BCUT2D eigenvalue weighted by atomic mass is 35.5. The number of nitrogens with zero attached hydrogens (tertiary/aromatic N) is 2. The Balaban J connectivity index is 0.00000338. The molecule has 0 aliphatic carbocycles. The lowest BCUT2D eigenvalue weighted by molar-refractivity contribution is -0.123. The Bertz CT molecular complexity index is 736. The highest BCUT2D eigenvalue weighted by Crippen LogP contribution is 2.22. The summed E-state index contributed by atoms with van der Waals surface area (Å²) in [7, 11) is -0.646. The fourth-order valence-corrected chi connectivity index (χ4v) is 4.31. The third kappa shape index (κ3) is 5.35. The minimum absolute atomic E-state index is 0. The topological polar surface area (TPSA) is 83.4 Å². The van der Waals surface area contributed by atoms with Gasteiger partial charge in [-0.1, -0.05) is 0 Å². The first kappa shape index (κ1) is 22.7. The van der Waals surface area contributed by atoms with E-state index in [0.717, 1.165) is 12.5 Å². The zero-order valence-corrected chi connectivity index (χ0v) is 16.0. The first-order valence-electron chi connectivity index (χ1n) is 7.73. The average molecular weight is 419 g/mol. The summed E-state index contributed by atoms with van der Waals surface area (Å²) < 4.78 is 64.6. The van der Waals surface area contributed by atoms with Crippen LogP contribution in [-0.4, -0.2) is 62.1 Å². The third-order valence-electron chi connectivity index (χ3n) is 4.09. The largest absolute Gasteiger partial charge is 0.405 e. The van der Waals surface area contributed by atoms with Crippen molar-refractivity contribution in [1.82, 2.24) is 19.5 Å². The van der Waals surface area contributed by atoms with E-state index in [-0.39, 0.29) is 29.0 Å². The number of hydrogen-bond donors (Lipinski definition) is 2. The fourth-order valence-electron chi connectivity index (χ4n) is 2.72. The van der Waals surface area contributed by atoms with E-state index in [2.05, 4.69) is 5.32 Å². The molecule has 12 heteroatoms. The molecule has 1 atom stereocenters. The number of rotatable bonds is 5. The molecule has 0 bridgehead atoms. The summed E-state index contributed by atoms with van der Waals surface area (Å²) in [6.45, 7) is -0.802. The minimum Gasteiger partial charge on any atom is -0.345 e. The van der Waals surface area contributed by atoms with Gasteiger partial charge in [-0.2, -0.15) is 17.5 Å². The number of likely N-dealkylation sites (N-methyl/N-ethyl adjacent to an activating group) is 1. The van der Waals surface area contributed by atoms with E-state index in [4.69, 9.17) is 0 Å². The maximum atomic E-state index is 12.7. The van der Waals surface area contributed by atoms with Gasteiger partial charge in [-0.3, -0.25) is 4.79 Å². The number of amides is 1. The maximum absolute atomic E-state index is 12.7. The molecule has 1 aromatic rings. The average Bonchev–Trinajstić information content (AvgIpc) is 2.94. The van der Waals surface area contributed by atoms with E-state index in [0.29, 0.717) is 19.5 Å². The van der Waals surface area contributed by atoms with E-state index < -0.39 is 28.7 Å². The van der Waals surface area contributed by atoms with Gasteiger partial charge in [0, 0.05) is 32.4 Å². The Morgan fingerprint density at radius 3 is 2.62 bits per heavy atom. The van der Waals surface area contributed by atoms with Crippen molar-refractivity contribution in [3.8, 4) is 0 Å². The molecule has 0 saturated carbocycles. The highest BCUT2D eigenvalue weighted by molar-refractivity contribution is 7.89. The van der Waals surface area contributed by atoms with Crippen LogP contribution in [0, 0.1) is 0 Å². The summed E-state index contributed by atoms with van der Waals surface area (Å²) in [6.07, 6.45) is -1.73. The molecule has 1 amide bonds. The normalized spacial score (nSPS) is 19.0. The number of nitrogens with one attached hydrogen (secondary N) is 2. The summed E-state index contributed by atoms with van der Waals surface area (Å²) in [5, 5.41) is 4.78. The number of halogens is 4. The minimum atomic E-state index is -4.54. The molecule has 1 unspecified atom stereocenters. The smallest absolute Gasteiger partial charge is 0.345 e. The van der Waals surface area contributed by atoms with E-state index in [1.165, 1.54) is 22.1 Å². The van der Waals surface area contributed by atoms with Crippen LogP contribution in [0.5, 0.6) is 0 Å². The van der Waals surface area contributed by atoms with E-state index in [9.17, 15) is 26.4 Å². The highest BCUT2D eigenvalue weighted by Gasteiger charge is 2.32. The van der Waals surface area contributed by atoms with Crippen molar-refractivity contribution < 1.29 is 26.4 Å². The van der Waals surface area contributed by atoms with Gasteiger partial charge in [0.25, 0.3) is 5.91 Å². The summed E-state index contributed by atoms with van der Waals surface area (Å²) in [4.78, 5) is 11.8. The van der Waals surface area contributed by atoms with Gasteiger partial charge >= 0.3 is 6.18 Å². The lowest BCUT2D eigenvalue weighted by Crippen LogP contribution is -2.46. The molecule has 1 aromatic heterocycles. The molecule has 1 aliphatic heterocycles. The number of carbonyl (C=O) groups is 1. The summed E-state index contributed by atoms with van der Waals surface area (Å²) in [6, 6.07) is 1.14. The molecular formula is C14H22ClF3N4O3S. The first-order chi connectivity index (χ1) is 11.5. The lowest BCUT2D eigenvalue weighted by Gasteiger charge is -2.31. The van der Waals surface area contributed by atoms with Crippen LogP contribution in [0.2, 0.25) is 0 Å². The predicted octanol–water partition coefficient (Wildman–Crippen LogP) is 1.11. The first-order valence-corrected chi connectivity index (χ1v) is 9.17. The van der Waals surface area contributed by atoms with Gasteiger partial charge in [0.05, 0.1) is 0 Å². The second kappa shape index (κ2) is 8.59. The monoisotopic (exact) mass is 418 g/mol. The molecule has 7 nitrogen and oxygen atoms in total. The Morgan fingerprint density at radius 1 is 1.38 bits per heavy atom. The molecule has 0 aromatic carbocycles. The third-order valence-corrected chi connectivity index (χ3v) is 5.92. The number of aryl methyl sites for hydroxylation is 1.